The second kappa shape index (κ2) is 3.89. The molecule has 0 bridgehead atoms. The van der Waals surface area contributed by atoms with Crippen LogP contribution in [0.5, 0.6) is 0 Å². The first-order valence-electron chi connectivity index (χ1n) is 4.94. The Morgan fingerprint density at radius 3 is 2.59 bits per heavy atom. The summed E-state index contributed by atoms with van der Waals surface area (Å²) in [6.45, 7) is -0.0495. The number of nitrogens with zero attached hydrogens (tertiary/aromatic N) is 1. The summed E-state index contributed by atoms with van der Waals surface area (Å²) in [6.07, 6.45) is -0.156. The van der Waals surface area contributed by atoms with Gasteiger partial charge in [0.15, 0.2) is 5.78 Å². The summed E-state index contributed by atoms with van der Waals surface area (Å²) in [7, 11) is 0. The Bertz CT molecular complexity index is 524. The van der Waals surface area contributed by atoms with Gasteiger partial charge in [-0.15, -0.1) is 0 Å². The first-order valence-corrected chi connectivity index (χ1v) is 4.94. The van der Waals surface area contributed by atoms with Crippen molar-refractivity contribution in [3.63, 3.8) is 0 Å². The fourth-order valence-electron chi connectivity index (χ4n) is 1.78. The number of ketones is 1. The molecule has 1 aliphatic heterocycles. The molecule has 17 heavy (non-hydrogen) atoms. The molecule has 88 valence electrons. The highest BCUT2D eigenvalue weighted by molar-refractivity contribution is 6.16. The van der Waals surface area contributed by atoms with Crippen LogP contribution in [0.2, 0.25) is 0 Å². The molecule has 0 saturated carbocycles. The van der Waals surface area contributed by atoms with Crippen molar-refractivity contribution in [3.8, 4) is 0 Å². The SMILES string of the molecule is Nc1c(C(=O)O)cccc1N1CC(=O)CC1=O. The minimum absolute atomic E-state index is 0.00282. The predicted octanol–water partition coefficient (Wildman–Crippen LogP) is 0.273. The lowest BCUT2D eigenvalue weighted by Gasteiger charge is -2.17. The minimum Gasteiger partial charge on any atom is -0.478 e. The van der Waals surface area contributed by atoms with Crippen molar-refractivity contribution in [2.75, 3.05) is 17.2 Å². The molecule has 0 atom stereocenters. The van der Waals surface area contributed by atoms with Crippen LogP contribution >= 0.6 is 0 Å². The molecule has 1 aliphatic rings. The van der Waals surface area contributed by atoms with E-state index in [0.29, 0.717) is 0 Å². The third-order valence-corrected chi connectivity index (χ3v) is 2.59. The molecular formula is C11H10N2O4. The summed E-state index contributed by atoms with van der Waals surface area (Å²) in [5, 5.41) is 8.90. The number of carbonyl (C=O) groups is 3. The van der Waals surface area contributed by atoms with E-state index in [1.165, 1.54) is 23.1 Å². The minimum atomic E-state index is -1.16. The molecular weight excluding hydrogens is 224 g/mol. The summed E-state index contributed by atoms with van der Waals surface area (Å²) in [5.74, 6) is -1.72. The molecule has 0 unspecified atom stereocenters. The van der Waals surface area contributed by atoms with E-state index in [-0.39, 0.29) is 41.6 Å². The van der Waals surface area contributed by atoms with Crippen LogP contribution in [0.1, 0.15) is 16.8 Å². The number of carboxylic acids is 1. The zero-order valence-corrected chi connectivity index (χ0v) is 8.84. The Morgan fingerprint density at radius 1 is 1.35 bits per heavy atom. The van der Waals surface area contributed by atoms with Gasteiger partial charge in [0.2, 0.25) is 5.91 Å². The lowest BCUT2D eigenvalue weighted by atomic mass is 10.1. The smallest absolute Gasteiger partial charge is 0.337 e. The summed E-state index contributed by atoms with van der Waals surface area (Å²) >= 11 is 0. The Balaban J connectivity index is 2.46. The zero-order valence-electron chi connectivity index (χ0n) is 8.84. The third kappa shape index (κ3) is 1.84. The highest BCUT2D eigenvalue weighted by atomic mass is 16.4. The van der Waals surface area contributed by atoms with E-state index in [1.54, 1.807) is 0 Å². The molecule has 3 N–H and O–H groups in total. The molecule has 1 fully saturated rings. The number of nitrogens with two attached hydrogens (primary N) is 1. The average Bonchev–Trinajstić information content (AvgIpc) is 2.57. The van der Waals surface area contributed by atoms with E-state index < -0.39 is 5.97 Å². The number of anilines is 2. The Labute approximate surface area is 96.6 Å². The van der Waals surface area contributed by atoms with Gasteiger partial charge in [-0.05, 0) is 12.1 Å². The van der Waals surface area contributed by atoms with E-state index in [4.69, 9.17) is 10.8 Å². The van der Waals surface area contributed by atoms with Crippen LogP contribution in [0.3, 0.4) is 0 Å². The molecule has 0 aliphatic carbocycles. The fraction of sp³-hybridized carbons (Fsp3) is 0.182. The average molecular weight is 234 g/mol. The van der Waals surface area contributed by atoms with Crippen molar-refractivity contribution in [3.05, 3.63) is 23.8 Å². The maximum atomic E-state index is 11.5. The number of rotatable bonds is 2. The molecule has 1 aromatic carbocycles. The molecule has 0 aromatic heterocycles. The van der Waals surface area contributed by atoms with Crippen LogP contribution in [0.25, 0.3) is 0 Å². The van der Waals surface area contributed by atoms with Gasteiger partial charge in [0.1, 0.15) is 0 Å². The standard InChI is InChI=1S/C11H10N2O4/c12-10-7(11(16)17)2-1-3-8(10)13-5-6(14)4-9(13)15/h1-3H,4-5,12H2,(H,16,17). The maximum absolute atomic E-state index is 11.5. The van der Waals surface area contributed by atoms with Crippen molar-refractivity contribution < 1.29 is 19.5 Å². The van der Waals surface area contributed by atoms with Gasteiger partial charge in [0.05, 0.1) is 29.9 Å². The van der Waals surface area contributed by atoms with Crippen molar-refractivity contribution in [1.82, 2.24) is 0 Å². The van der Waals surface area contributed by atoms with Crippen LogP contribution in [-0.2, 0) is 9.59 Å². The van der Waals surface area contributed by atoms with Crippen LogP contribution in [-0.4, -0.2) is 29.3 Å². The lowest BCUT2D eigenvalue weighted by molar-refractivity contribution is -0.121. The van der Waals surface area contributed by atoms with E-state index in [0.717, 1.165) is 0 Å². The highest BCUT2D eigenvalue weighted by Crippen LogP contribution is 2.29. The van der Waals surface area contributed by atoms with Gasteiger partial charge < -0.3 is 15.7 Å². The zero-order chi connectivity index (χ0) is 12.6. The number of hydrogen-bond donors (Lipinski definition) is 2. The number of nitrogen functional groups attached to an aromatic ring is 1. The predicted molar refractivity (Wildman–Crippen MR) is 59.8 cm³/mol. The Hall–Kier alpha value is -2.37. The second-order valence-corrected chi connectivity index (χ2v) is 3.74. The van der Waals surface area contributed by atoms with Crippen LogP contribution < -0.4 is 10.6 Å². The monoisotopic (exact) mass is 234 g/mol. The first-order chi connectivity index (χ1) is 8.00. The molecule has 0 radical (unpaired) electrons. The number of amides is 1. The van der Waals surface area contributed by atoms with Crippen LogP contribution in [0.15, 0.2) is 18.2 Å². The molecule has 1 saturated heterocycles. The van der Waals surface area contributed by atoms with Gasteiger partial charge in [0.25, 0.3) is 0 Å². The summed E-state index contributed by atoms with van der Waals surface area (Å²) < 4.78 is 0. The highest BCUT2D eigenvalue weighted by Gasteiger charge is 2.30. The van der Waals surface area contributed by atoms with Gasteiger partial charge in [-0.1, -0.05) is 6.07 Å². The van der Waals surface area contributed by atoms with E-state index in [9.17, 15) is 14.4 Å². The number of para-hydroxylation sites is 1. The van der Waals surface area contributed by atoms with Crippen molar-refractivity contribution >= 4 is 29.0 Å². The van der Waals surface area contributed by atoms with Crippen LogP contribution in [0, 0.1) is 0 Å². The number of Topliss-reactive ketones (excluding diaryl/α,β-unsaturated/α-hetero) is 1. The fourth-order valence-corrected chi connectivity index (χ4v) is 1.78. The number of carbonyl (C=O) groups excluding carboxylic acids is 2. The van der Waals surface area contributed by atoms with Gasteiger partial charge in [-0.25, -0.2) is 4.79 Å². The quantitative estimate of drug-likeness (QED) is 0.565. The van der Waals surface area contributed by atoms with Gasteiger partial charge in [-0.3, -0.25) is 9.59 Å². The van der Waals surface area contributed by atoms with E-state index in [1.807, 2.05) is 0 Å². The Morgan fingerprint density at radius 2 is 2.06 bits per heavy atom. The Kier molecular flexibility index (Phi) is 2.55. The summed E-state index contributed by atoms with van der Waals surface area (Å²) in [5.41, 5.74) is 5.89. The molecule has 6 nitrogen and oxygen atoms in total. The number of carboxylic acid groups (broad SMARTS) is 1. The number of hydrogen-bond acceptors (Lipinski definition) is 4. The molecule has 1 aromatic rings. The van der Waals surface area contributed by atoms with Crippen molar-refractivity contribution in [2.45, 2.75) is 6.42 Å². The molecule has 2 rings (SSSR count). The van der Waals surface area contributed by atoms with Gasteiger partial charge in [0, 0.05) is 0 Å². The maximum Gasteiger partial charge on any atom is 0.337 e. The van der Waals surface area contributed by atoms with Crippen molar-refractivity contribution in [2.24, 2.45) is 0 Å². The third-order valence-electron chi connectivity index (χ3n) is 2.59. The second-order valence-electron chi connectivity index (χ2n) is 3.74. The van der Waals surface area contributed by atoms with Crippen LogP contribution in [0.4, 0.5) is 11.4 Å². The van der Waals surface area contributed by atoms with Crippen molar-refractivity contribution in [1.29, 1.82) is 0 Å². The molecule has 0 spiro atoms. The van der Waals surface area contributed by atoms with E-state index >= 15 is 0 Å². The number of aromatic carboxylic acids is 1. The normalized spacial score (nSPS) is 15.4. The van der Waals surface area contributed by atoms with Gasteiger partial charge in [-0.2, -0.15) is 0 Å². The lowest BCUT2D eigenvalue weighted by Crippen LogP contribution is -2.26. The number of benzene rings is 1. The molecule has 6 heteroatoms. The molecule has 1 amide bonds. The summed E-state index contributed by atoms with van der Waals surface area (Å²) in [6, 6.07) is 4.37. The topological polar surface area (TPSA) is 101 Å². The molecule has 1 heterocycles. The first kappa shape index (κ1) is 11.1. The summed E-state index contributed by atoms with van der Waals surface area (Å²) in [4.78, 5) is 34.8. The van der Waals surface area contributed by atoms with Gasteiger partial charge >= 0.3 is 5.97 Å². The van der Waals surface area contributed by atoms with E-state index in [2.05, 4.69) is 0 Å². The largest absolute Gasteiger partial charge is 0.478 e.